The van der Waals surface area contributed by atoms with Crippen LogP contribution in [0.15, 0.2) is 0 Å². The highest BCUT2D eigenvalue weighted by atomic mass is 127. The molecule has 4 heteroatoms. The van der Waals surface area contributed by atoms with Crippen molar-refractivity contribution in [2.24, 2.45) is 5.41 Å². The first kappa shape index (κ1) is 12.2. The van der Waals surface area contributed by atoms with Gasteiger partial charge in [-0.25, -0.2) is 0 Å². The van der Waals surface area contributed by atoms with Crippen LogP contribution in [0.4, 0.5) is 0 Å². The average molecular weight is 310 g/mol. The fourth-order valence-electron chi connectivity index (χ4n) is 1.38. The molecule has 0 N–H and O–H groups in total. The molecule has 0 aliphatic carbocycles. The molecule has 1 fully saturated rings. The minimum Gasteiger partial charge on any atom is -0.355 e. The SMILES string of the molecule is C#CCOC(I)C1(CC)COCOC1. The molecule has 1 atom stereocenters. The van der Waals surface area contributed by atoms with Crippen LogP contribution < -0.4 is 0 Å². The van der Waals surface area contributed by atoms with E-state index in [2.05, 4.69) is 35.4 Å². The summed E-state index contributed by atoms with van der Waals surface area (Å²) in [6, 6.07) is 0. The molecule has 14 heavy (non-hydrogen) atoms. The van der Waals surface area contributed by atoms with Gasteiger partial charge in [0, 0.05) is 0 Å². The maximum absolute atomic E-state index is 5.52. The molecule has 0 aromatic carbocycles. The zero-order chi connectivity index (χ0) is 10.4. The van der Waals surface area contributed by atoms with Gasteiger partial charge in [-0.1, -0.05) is 35.4 Å². The molecule has 0 radical (unpaired) electrons. The minimum atomic E-state index is -0.0460. The van der Waals surface area contributed by atoms with Crippen molar-refractivity contribution < 1.29 is 14.2 Å². The van der Waals surface area contributed by atoms with Crippen LogP contribution in [-0.4, -0.2) is 30.7 Å². The Labute approximate surface area is 98.6 Å². The van der Waals surface area contributed by atoms with Crippen LogP contribution in [0, 0.1) is 17.8 Å². The average Bonchev–Trinajstić information content (AvgIpc) is 2.26. The normalized spacial score (nSPS) is 22.6. The topological polar surface area (TPSA) is 27.7 Å². The first-order valence-electron chi connectivity index (χ1n) is 4.60. The standard InChI is InChI=1S/C10H15IO3/c1-3-5-14-9(11)10(4-2)6-12-8-13-7-10/h1,9H,4-8H2,2H3. The van der Waals surface area contributed by atoms with E-state index in [4.69, 9.17) is 20.6 Å². The number of hydrogen-bond acceptors (Lipinski definition) is 3. The van der Waals surface area contributed by atoms with Gasteiger partial charge in [0.2, 0.25) is 0 Å². The predicted octanol–water partition coefficient (Wildman–Crippen LogP) is 1.80. The molecule has 0 amide bonds. The molecule has 0 saturated carbocycles. The second-order valence-corrected chi connectivity index (χ2v) is 4.49. The monoisotopic (exact) mass is 310 g/mol. The Morgan fingerprint density at radius 1 is 1.57 bits per heavy atom. The van der Waals surface area contributed by atoms with Crippen molar-refractivity contribution in [2.75, 3.05) is 26.6 Å². The van der Waals surface area contributed by atoms with E-state index in [9.17, 15) is 0 Å². The van der Waals surface area contributed by atoms with E-state index in [-0.39, 0.29) is 9.53 Å². The van der Waals surface area contributed by atoms with Gasteiger partial charge in [0.05, 0.1) is 18.6 Å². The fourth-order valence-corrected chi connectivity index (χ4v) is 2.36. The molecular weight excluding hydrogens is 295 g/mol. The second-order valence-electron chi connectivity index (χ2n) is 3.36. The van der Waals surface area contributed by atoms with Gasteiger partial charge in [0.15, 0.2) is 0 Å². The molecule has 1 heterocycles. The minimum absolute atomic E-state index is 0.0430. The molecule has 0 aromatic heterocycles. The maximum Gasteiger partial charge on any atom is 0.146 e. The highest BCUT2D eigenvalue weighted by Gasteiger charge is 2.39. The van der Waals surface area contributed by atoms with Crippen LogP contribution in [0.1, 0.15) is 13.3 Å². The van der Waals surface area contributed by atoms with Crippen LogP contribution in [0.25, 0.3) is 0 Å². The van der Waals surface area contributed by atoms with Crippen LogP contribution in [0.2, 0.25) is 0 Å². The summed E-state index contributed by atoms with van der Waals surface area (Å²) in [5, 5.41) is 0. The van der Waals surface area contributed by atoms with Crippen molar-refractivity contribution in [3.8, 4) is 12.3 Å². The molecule has 1 unspecified atom stereocenters. The molecule has 0 aromatic rings. The van der Waals surface area contributed by atoms with Gasteiger partial charge in [-0.15, -0.1) is 6.42 Å². The molecule has 1 saturated heterocycles. The third-order valence-electron chi connectivity index (χ3n) is 2.44. The molecule has 0 spiro atoms. The van der Waals surface area contributed by atoms with Crippen LogP contribution >= 0.6 is 22.6 Å². The van der Waals surface area contributed by atoms with Gasteiger partial charge in [-0.05, 0) is 6.42 Å². The number of hydrogen-bond donors (Lipinski definition) is 0. The summed E-state index contributed by atoms with van der Waals surface area (Å²) in [4.78, 5) is 0. The lowest BCUT2D eigenvalue weighted by atomic mass is 9.87. The number of terminal acetylenes is 1. The molecular formula is C10H15IO3. The summed E-state index contributed by atoms with van der Waals surface area (Å²) in [7, 11) is 0. The smallest absolute Gasteiger partial charge is 0.146 e. The lowest BCUT2D eigenvalue weighted by molar-refractivity contribution is -0.184. The maximum atomic E-state index is 5.52. The first-order valence-corrected chi connectivity index (χ1v) is 5.84. The number of alkyl halides is 1. The van der Waals surface area contributed by atoms with E-state index in [1.165, 1.54) is 0 Å². The van der Waals surface area contributed by atoms with E-state index >= 15 is 0 Å². The van der Waals surface area contributed by atoms with Crippen molar-refractivity contribution in [1.29, 1.82) is 0 Å². The summed E-state index contributed by atoms with van der Waals surface area (Å²) in [6.45, 7) is 4.21. The Hall–Kier alpha value is 0.170. The van der Waals surface area contributed by atoms with Crippen molar-refractivity contribution in [2.45, 2.75) is 17.5 Å². The third kappa shape index (κ3) is 2.83. The van der Waals surface area contributed by atoms with E-state index in [1.807, 2.05) is 0 Å². The molecule has 1 aliphatic heterocycles. The zero-order valence-electron chi connectivity index (χ0n) is 8.29. The first-order chi connectivity index (χ1) is 6.75. The summed E-state index contributed by atoms with van der Waals surface area (Å²) < 4.78 is 16.2. The van der Waals surface area contributed by atoms with E-state index in [0.717, 1.165) is 6.42 Å². The Bertz CT molecular complexity index is 206. The van der Waals surface area contributed by atoms with Crippen LogP contribution in [0.3, 0.4) is 0 Å². The van der Waals surface area contributed by atoms with Crippen LogP contribution in [-0.2, 0) is 14.2 Å². The summed E-state index contributed by atoms with van der Waals surface area (Å²) >= 11 is 2.26. The van der Waals surface area contributed by atoms with Gasteiger partial charge >= 0.3 is 0 Å². The quantitative estimate of drug-likeness (QED) is 0.450. The van der Waals surface area contributed by atoms with Crippen molar-refractivity contribution in [3.63, 3.8) is 0 Å². The number of ether oxygens (including phenoxy) is 3. The van der Waals surface area contributed by atoms with Gasteiger partial charge in [-0.2, -0.15) is 0 Å². The molecule has 3 nitrogen and oxygen atoms in total. The second kappa shape index (κ2) is 5.91. The van der Waals surface area contributed by atoms with Crippen molar-refractivity contribution >= 4 is 22.6 Å². The Kier molecular flexibility index (Phi) is 5.17. The molecule has 1 aliphatic rings. The van der Waals surface area contributed by atoms with Crippen molar-refractivity contribution in [1.82, 2.24) is 0 Å². The van der Waals surface area contributed by atoms with Gasteiger partial charge in [0.1, 0.15) is 17.5 Å². The van der Waals surface area contributed by atoms with E-state index in [1.54, 1.807) is 0 Å². The number of rotatable bonds is 4. The highest BCUT2D eigenvalue weighted by molar-refractivity contribution is 14.1. The van der Waals surface area contributed by atoms with E-state index < -0.39 is 0 Å². The van der Waals surface area contributed by atoms with Crippen molar-refractivity contribution in [3.05, 3.63) is 0 Å². The molecule has 0 bridgehead atoms. The largest absolute Gasteiger partial charge is 0.355 e. The fraction of sp³-hybridized carbons (Fsp3) is 0.800. The van der Waals surface area contributed by atoms with Gasteiger partial charge < -0.3 is 14.2 Å². The summed E-state index contributed by atoms with van der Waals surface area (Å²) in [5.41, 5.74) is -0.0460. The molecule has 80 valence electrons. The molecule has 1 rings (SSSR count). The predicted molar refractivity (Wildman–Crippen MR) is 62.1 cm³/mol. The zero-order valence-corrected chi connectivity index (χ0v) is 10.5. The summed E-state index contributed by atoms with van der Waals surface area (Å²) in [5.74, 6) is 2.47. The lowest BCUT2D eigenvalue weighted by Gasteiger charge is -2.39. The Morgan fingerprint density at radius 3 is 2.71 bits per heavy atom. The van der Waals surface area contributed by atoms with Crippen LogP contribution in [0.5, 0.6) is 0 Å². The third-order valence-corrected chi connectivity index (χ3v) is 4.13. The highest BCUT2D eigenvalue weighted by Crippen LogP contribution is 2.35. The Balaban J connectivity index is 2.53. The van der Waals surface area contributed by atoms with Gasteiger partial charge in [-0.3, -0.25) is 0 Å². The lowest BCUT2D eigenvalue weighted by Crippen LogP contribution is -2.44. The summed E-state index contributed by atoms with van der Waals surface area (Å²) in [6.07, 6.45) is 6.11. The van der Waals surface area contributed by atoms with Gasteiger partial charge in [0.25, 0.3) is 0 Å². The number of halogens is 1. The Morgan fingerprint density at radius 2 is 2.21 bits per heavy atom. The van der Waals surface area contributed by atoms with E-state index in [0.29, 0.717) is 26.6 Å².